The lowest BCUT2D eigenvalue weighted by atomic mass is 10.0. The summed E-state index contributed by atoms with van der Waals surface area (Å²) in [4.78, 5) is 23.1. The number of carbonyl (C=O) groups is 1. The largest absolute Gasteiger partial charge is 0.497 e. The molecule has 1 N–H and O–H groups in total. The molecule has 0 bridgehead atoms. The first-order valence-electron chi connectivity index (χ1n) is 9.30. The number of nitro groups is 1. The van der Waals surface area contributed by atoms with Crippen molar-refractivity contribution in [2.75, 3.05) is 19.0 Å². The third-order valence-corrected chi connectivity index (χ3v) is 4.60. The van der Waals surface area contributed by atoms with Gasteiger partial charge in [0.1, 0.15) is 11.5 Å². The average Bonchev–Trinajstić information content (AvgIpc) is 2.74. The summed E-state index contributed by atoms with van der Waals surface area (Å²) in [5.74, 6) is 0.726. The number of rotatable bonds is 7. The number of amides is 1. The Morgan fingerprint density at radius 2 is 1.77 bits per heavy atom. The molecule has 0 aliphatic carbocycles. The summed E-state index contributed by atoms with van der Waals surface area (Å²) in [7, 11) is 1.56. The highest BCUT2D eigenvalue weighted by Gasteiger charge is 2.15. The number of nitrogens with zero attached hydrogens (tertiary/aromatic N) is 1. The number of aryl methyl sites for hydroxylation is 2. The van der Waals surface area contributed by atoms with Crippen molar-refractivity contribution in [1.29, 1.82) is 0 Å². The van der Waals surface area contributed by atoms with Gasteiger partial charge >= 0.3 is 0 Å². The van der Waals surface area contributed by atoms with Crippen molar-refractivity contribution in [2.45, 2.75) is 13.8 Å². The van der Waals surface area contributed by atoms with Crippen LogP contribution in [-0.4, -0.2) is 24.5 Å². The minimum absolute atomic E-state index is 0.0620. The number of carbonyl (C=O) groups excluding carboxylic acids is 1. The Bertz CT molecular complexity index is 1080. The molecular formula is C23H22N2O5. The van der Waals surface area contributed by atoms with Crippen LogP contribution < -0.4 is 14.8 Å². The Hall–Kier alpha value is -3.87. The highest BCUT2D eigenvalue weighted by atomic mass is 16.6. The first-order chi connectivity index (χ1) is 14.4. The third kappa shape index (κ3) is 4.94. The van der Waals surface area contributed by atoms with Crippen LogP contribution in [0.2, 0.25) is 0 Å². The number of nitrogens with one attached hydrogen (secondary N) is 1. The molecule has 3 aromatic carbocycles. The van der Waals surface area contributed by atoms with Crippen LogP contribution in [0, 0.1) is 24.0 Å². The maximum atomic E-state index is 12.4. The molecule has 0 aromatic heterocycles. The van der Waals surface area contributed by atoms with Crippen molar-refractivity contribution >= 4 is 17.3 Å². The summed E-state index contributed by atoms with van der Waals surface area (Å²) < 4.78 is 10.9. The Morgan fingerprint density at radius 3 is 2.43 bits per heavy atom. The zero-order chi connectivity index (χ0) is 21.7. The van der Waals surface area contributed by atoms with E-state index in [4.69, 9.17) is 9.47 Å². The van der Waals surface area contributed by atoms with Gasteiger partial charge in [0.2, 0.25) is 0 Å². The van der Waals surface area contributed by atoms with Crippen molar-refractivity contribution in [3.05, 3.63) is 81.9 Å². The minimum atomic E-state index is -0.468. The summed E-state index contributed by atoms with van der Waals surface area (Å²) in [6.07, 6.45) is 0. The molecule has 7 nitrogen and oxygen atoms in total. The van der Waals surface area contributed by atoms with Crippen molar-refractivity contribution in [3.63, 3.8) is 0 Å². The van der Waals surface area contributed by atoms with Gasteiger partial charge < -0.3 is 14.8 Å². The summed E-state index contributed by atoms with van der Waals surface area (Å²) >= 11 is 0. The molecule has 0 saturated carbocycles. The van der Waals surface area contributed by atoms with E-state index in [-0.39, 0.29) is 18.2 Å². The molecule has 3 rings (SSSR count). The van der Waals surface area contributed by atoms with Crippen LogP contribution in [0.1, 0.15) is 11.1 Å². The third-order valence-electron chi connectivity index (χ3n) is 4.60. The molecule has 0 heterocycles. The summed E-state index contributed by atoms with van der Waals surface area (Å²) in [6.45, 7) is 3.63. The maximum absolute atomic E-state index is 12.4. The molecule has 154 valence electrons. The van der Waals surface area contributed by atoms with E-state index < -0.39 is 4.92 Å². The van der Waals surface area contributed by atoms with Crippen LogP contribution in [-0.2, 0) is 4.79 Å². The number of nitro benzene ring substituents is 1. The number of ether oxygens (including phenoxy) is 2. The Morgan fingerprint density at radius 1 is 1.03 bits per heavy atom. The minimum Gasteiger partial charge on any atom is -0.497 e. The zero-order valence-electron chi connectivity index (χ0n) is 17.0. The van der Waals surface area contributed by atoms with Crippen molar-refractivity contribution in [1.82, 2.24) is 0 Å². The molecule has 0 saturated heterocycles. The molecule has 7 heteroatoms. The Labute approximate surface area is 174 Å². The SMILES string of the molecule is COc1ccc(-c2cc([N+](=O)[O-])ccc2OCC(=O)Nc2cc(C)ccc2C)cc1. The number of hydrogen-bond acceptors (Lipinski definition) is 5. The predicted octanol–water partition coefficient (Wildman–Crippen LogP) is 4.90. The standard InChI is InChI=1S/C23H22N2O5/c1-15-4-5-16(2)21(12-15)24-23(26)14-30-22-11-8-18(25(27)28)13-20(22)17-6-9-19(29-3)10-7-17/h4-13H,14H2,1-3H3,(H,24,26). The Balaban J connectivity index is 1.81. The van der Waals surface area contributed by atoms with Gasteiger partial charge in [-0.1, -0.05) is 24.3 Å². The van der Waals surface area contributed by atoms with E-state index in [9.17, 15) is 14.9 Å². The van der Waals surface area contributed by atoms with E-state index in [0.29, 0.717) is 22.6 Å². The lowest BCUT2D eigenvalue weighted by molar-refractivity contribution is -0.384. The summed E-state index contributed by atoms with van der Waals surface area (Å²) in [5.41, 5.74) is 3.88. The van der Waals surface area contributed by atoms with Crippen LogP contribution >= 0.6 is 0 Å². The van der Waals surface area contributed by atoms with Crippen LogP contribution in [0.15, 0.2) is 60.7 Å². The fourth-order valence-corrected chi connectivity index (χ4v) is 2.95. The van der Waals surface area contributed by atoms with Crippen molar-refractivity contribution in [3.8, 4) is 22.6 Å². The lowest BCUT2D eigenvalue weighted by Gasteiger charge is -2.13. The molecule has 0 unspecified atom stereocenters. The van der Waals surface area contributed by atoms with Gasteiger partial charge in [-0.05, 0) is 54.8 Å². The summed E-state index contributed by atoms with van der Waals surface area (Å²) in [6, 6.07) is 17.1. The van der Waals surface area contributed by atoms with Gasteiger partial charge in [0, 0.05) is 23.4 Å². The smallest absolute Gasteiger partial charge is 0.270 e. The predicted molar refractivity (Wildman–Crippen MR) is 115 cm³/mol. The van der Waals surface area contributed by atoms with Crippen LogP contribution in [0.3, 0.4) is 0 Å². The fourth-order valence-electron chi connectivity index (χ4n) is 2.95. The van der Waals surface area contributed by atoms with Gasteiger partial charge in [-0.15, -0.1) is 0 Å². The lowest BCUT2D eigenvalue weighted by Crippen LogP contribution is -2.21. The summed E-state index contributed by atoms with van der Waals surface area (Å²) in [5, 5.41) is 14.0. The molecule has 3 aromatic rings. The first-order valence-corrected chi connectivity index (χ1v) is 9.30. The van der Waals surface area contributed by atoms with Crippen LogP contribution in [0.4, 0.5) is 11.4 Å². The molecule has 0 aliphatic rings. The molecule has 30 heavy (non-hydrogen) atoms. The molecule has 0 fully saturated rings. The number of hydrogen-bond donors (Lipinski definition) is 1. The van der Waals surface area contributed by atoms with E-state index in [1.807, 2.05) is 32.0 Å². The molecular weight excluding hydrogens is 384 g/mol. The number of anilines is 1. The topological polar surface area (TPSA) is 90.7 Å². The highest BCUT2D eigenvalue weighted by Crippen LogP contribution is 2.34. The van der Waals surface area contributed by atoms with Crippen molar-refractivity contribution in [2.24, 2.45) is 0 Å². The highest BCUT2D eigenvalue weighted by molar-refractivity contribution is 5.92. The molecule has 0 spiro atoms. The molecule has 0 atom stereocenters. The molecule has 0 aliphatic heterocycles. The quantitative estimate of drug-likeness (QED) is 0.445. The number of benzene rings is 3. The van der Waals surface area contributed by atoms with Crippen LogP contribution in [0.5, 0.6) is 11.5 Å². The van der Waals surface area contributed by atoms with E-state index >= 15 is 0 Å². The average molecular weight is 406 g/mol. The van der Waals surface area contributed by atoms with Gasteiger partial charge in [0.15, 0.2) is 6.61 Å². The first kappa shape index (κ1) is 20.9. The second kappa shape index (κ2) is 9.09. The van der Waals surface area contributed by atoms with Crippen LogP contribution in [0.25, 0.3) is 11.1 Å². The second-order valence-corrected chi connectivity index (χ2v) is 6.82. The maximum Gasteiger partial charge on any atom is 0.270 e. The Kier molecular flexibility index (Phi) is 6.32. The van der Waals surface area contributed by atoms with Gasteiger partial charge in [0.05, 0.1) is 12.0 Å². The van der Waals surface area contributed by atoms with E-state index in [2.05, 4.69) is 5.32 Å². The monoisotopic (exact) mass is 406 g/mol. The number of methoxy groups -OCH3 is 1. The zero-order valence-corrected chi connectivity index (χ0v) is 17.0. The second-order valence-electron chi connectivity index (χ2n) is 6.82. The van der Waals surface area contributed by atoms with E-state index in [1.54, 1.807) is 31.4 Å². The number of non-ortho nitro benzene ring substituents is 1. The molecule has 1 amide bonds. The van der Waals surface area contributed by atoms with E-state index in [0.717, 1.165) is 16.8 Å². The van der Waals surface area contributed by atoms with E-state index in [1.165, 1.54) is 18.2 Å². The van der Waals surface area contributed by atoms with Gasteiger partial charge in [-0.3, -0.25) is 14.9 Å². The van der Waals surface area contributed by atoms with Gasteiger partial charge in [-0.2, -0.15) is 0 Å². The normalized spacial score (nSPS) is 10.4. The van der Waals surface area contributed by atoms with Crippen molar-refractivity contribution < 1.29 is 19.2 Å². The van der Waals surface area contributed by atoms with Gasteiger partial charge in [0.25, 0.3) is 11.6 Å². The van der Waals surface area contributed by atoms with Gasteiger partial charge in [-0.25, -0.2) is 0 Å². The fraction of sp³-hybridized carbons (Fsp3) is 0.174. The molecule has 0 radical (unpaired) electrons.